The van der Waals surface area contributed by atoms with Crippen LogP contribution in [0, 0.1) is 0 Å². The van der Waals surface area contributed by atoms with Crippen molar-refractivity contribution in [3.05, 3.63) is 150 Å². The molecule has 3 amide bonds. The number of alkyl carbamates (subject to hydrolysis) is 1. The highest BCUT2D eigenvalue weighted by atomic mass is 16.5. The lowest BCUT2D eigenvalue weighted by molar-refractivity contribution is -0.138. The summed E-state index contributed by atoms with van der Waals surface area (Å²) in [5, 5.41) is 5.88. The van der Waals surface area contributed by atoms with Gasteiger partial charge in [0.2, 0.25) is 11.8 Å². The van der Waals surface area contributed by atoms with Gasteiger partial charge < -0.3 is 25.3 Å². The van der Waals surface area contributed by atoms with Gasteiger partial charge in [0.15, 0.2) is 0 Å². The van der Waals surface area contributed by atoms with E-state index >= 15 is 0 Å². The lowest BCUT2D eigenvalue weighted by atomic mass is 9.64. The maximum atomic E-state index is 14.3. The fourth-order valence-corrected chi connectivity index (χ4v) is 6.26. The first-order chi connectivity index (χ1) is 24.0. The standard InChI is InChI=1S/C40H41N5O4/c46-37(42-28-40(21-10-22-40)34-15-8-3-9-16-34)26-45(25-30-17-19-33(20-18-30)32-13-6-2-7-14-32)38(47)36(23-35-24-41-29-43-35)44-39(48)49-27-31-11-4-1-5-12-31/h1-9,11-20,24,29,36H,10,21-23,25-28H2,(H,41,43)(H,42,46)(H,44,48). The molecule has 1 heterocycles. The van der Waals surface area contributed by atoms with Crippen LogP contribution < -0.4 is 10.6 Å². The van der Waals surface area contributed by atoms with Crippen molar-refractivity contribution in [3.8, 4) is 11.1 Å². The molecular formula is C40H41N5O4. The van der Waals surface area contributed by atoms with Gasteiger partial charge in [0.1, 0.15) is 12.6 Å². The Bertz CT molecular complexity index is 1790. The molecule has 3 N–H and O–H groups in total. The molecule has 49 heavy (non-hydrogen) atoms. The number of amides is 3. The highest BCUT2D eigenvalue weighted by Gasteiger charge is 2.39. The SMILES string of the molecule is O=C(CN(Cc1ccc(-c2ccccc2)cc1)C(=O)C(Cc1c[nH]cn1)NC(=O)OCc1ccccc1)NCC1(c2ccccc2)CCC1. The molecule has 0 radical (unpaired) electrons. The Morgan fingerprint density at radius 2 is 1.47 bits per heavy atom. The van der Waals surface area contributed by atoms with E-state index in [4.69, 9.17) is 4.74 Å². The molecule has 6 rings (SSSR count). The highest BCUT2D eigenvalue weighted by Crippen LogP contribution is 2.43. The number of rotatable bonds is 14. The van der Waals surface area contributed by atoms with Crippen LogP contribution in [0.2, 0.25) is 0 Å². The topological polar surface area (TPSA) is 116 Å². The number of ether oxygens (including phenoxy) is 1. The summed E-state index contributed by atoms with van der Waals surface area (Å²) in [6.07, 6.45) is 5.68. The number of hydrogen-bond acceptors (Lipinski definition) is 5. The third-order valence-electron chi connectivity index (χ3n) is 9.17. The molecule has 9 heteroatoms. The molecule has 0 aliphatic heterocycles. The van der Waals surface area contributed by atoms with Gasteiger partial charge in [-0.3, -0.25) is 9.59 Å². The summed E-state index contributed by atoms with van der Waals surface area (Å²) in [6, 6.07) is 36.6. The van der Waals surface area contributed by atoms with Crippen molar-refractivity contribution in [1.82, 2.24) is 25.5 Å². The molecule has 1 aliphatic rings. The van der Waals surface area contributed by atoms with E-state index in [9.17, 15) is 14.4 Å². The second kappa shape index (κ2) is 15.9. The number of aromatic nitrogens is 2. The van der Waals surface area contributed by atoms with Crippen LogP contribution in [0.3, 0.4) is 0 Å². The van der Waals surface area contributed by atoms with Crippen LogP contribution >= 0.6 is 0 Å². The van der Waals surface area contributed by atoms with Crippen molar-refractivity contribution in [2.75, 3.05) is 13.1 Å². The van der Waals surface area contributed by atoms with E-state index in [1.54, 1.807) is 6.20 Å². The summed E-state index contributed by atoms with van der Waals surface area (Å²) in [5.74, 6) is -0.676. The summed E-state index contributed by atoms with van der Waals surface area (Å²) in [7, 11) is 0. The van der Waals surface area contributed by atoms with Crippen molar-refractivity contribution in [2.24, 2.45) is 0 Å². The zero-order chi connectivity index (χ0) is 33.9. The van der Waals surface area contributed by atoms with Crippen LogP contribution in [-0.2, 0) is 39.3 Å². The molecule has 9 nitrogen and oxygen atoms in total. The van der Waals surface area contributed by atoms with Crippen LogP contribution in [-0.4, -0.2) is 51.9 Å². The predicted octanol–water partition coefficient (Wildman–Crippen LogP) is 6.18. The number of carbonyl (C=O) groups is 3. The van der Waals surface area contributed by atoms with Gasteiger partial charge in [-0.25, -0.2) is 9.78 Å². The normalized spacial score (nSPS) is 13.8. The van der Waals surface area contributed by atoms with Crippen LogP contribution in [0.1, 0.15) is 41.6 Å². The molecule has 1 aromatic heterocycles. The molecule has 1 unspecified atom stereocenters. The molecule has 1 aliphatic carbocycles. The van der Waals surface area contributed by atoms with E-state index < -0.39 is 18.0 Å². The molecule has 0 saturated heterocycles. The number of nitrogens with zero attached hydrogens (tertiary/aromatic N) is 2. The van der Waals surface area contributed by atoms with Crippen molar-refractivity contribution in [2.45, 2.75) is 50.3 Å². The summed E-state index contributed by atoms with van der Waals surface area (Å²) >= 11 is 0. The Kier molecular flexibility index (Phi) is 10.8. The number of hydrogen-bond donors (Lipinski definition) is 3. The van der Waals surface area contributed by atoms with Gasteiger partial charge in [-0.15, -0.1) is 0 Å². The van der Waals surface area contributed by atoms with Crippen LogP contribution in [0.5, 0.6) is 0 Å². The second-order valence-corrected chi connectivity index (χ2v) is 12.6. The smallest absolute Gasteiger partial charge is 0.408 e. The van der Waals surface area contributed by atoms with Crippen molar-refractivity contribution >= 4 is 17.9 Å². The van der Waals surface area contributed by atoms with E-state index in [1.165, 1.54) is 16.8 Å². The predicted molar refractivity (Wildman–Crippen MR) is 188 cm³/mol. The first-order valence-corrected chi connectivity index (χ1v) is 16.7. The third-order valence-corrected chi connectivity index (χ3v) is 9.17. The number of benzene rings is 4. The fraction of sp³-hybridized carbons (Fsp3) is 0.250. The van der Waals surface area contributed by atoms with E-state index in [2.05, 4.69) is 32.7 Å². The van der Waals surface area contributed by atoms with Gasteiger partial charge in [-0.1, -0.05) is 122 Å². The largest absolute Gasteiger partial charge is 0.445 e. The van der Waals surface area contributed by atoms with Crippen LogP contribution in [0.4, 0.5) is 4.79 Å². The zero-order valence-corrected chi connectivity index (χ0v) is 27.4. The lowest BCUT2D eigenvalue weighted by Gasteiger charge is -2.42. The van der Waals surface area contributed by atoms with Gasteiger partial charge in [0, 0.05) is 31.1 Å². The van der Waals surface area contributed by atoms with E-state index in [0.717, 1.165) is 41.5 Å². The number of carbonyl (C=O) groups excluding carboxylic acids is 3. The number of imidazole rings is 1. The fourth-order valence-electron chi connectivity index (χ4n) is 6.26. The van der Waals surface area contributed by atoms with Crippen LogP contribution in [0.15, 0.2) is 128 Å². The maximum Gasteiger partial charge on any atom is 0.408 e. The first kappa shape index (κ1) is 33.2. The van der Waals surface area contributed by atoms with Crippen molar-refractivity contribution in [1.29, 1.82) is 0 Å². The van der Waals surface area contributed by atoms with E-state index in [0.29, 0.717) is 12.2 Å². The maximum absolute atomic E-state index is 14.3. The Hall–Kier alpha value is -5.70. The summed E-state index contributed by atoms with van der Waals surface area (Å²) in [5.41, 5.74) is 5.51. The Morgan fingerprint density at radius 3 is 2.10 bits per heavy atom. The monoisotopic (exact) mass is 655 g/mol. The molecule has 1 fully saturated rings. The molecule has 1 atom stereocenters. The Morgan fingerprint density at radius 1 is 0.816 bits per heavy atom. The minimum Gasteiger partial charge on any atom is -0.445 e. The molecule has 5 aromatic rings. The highest BCUT2D eigenvalue weighted by molar-refractivity contribution is 5.90. The first-order valence-electron chi connectivity index (χ1n) is 16.7. The van der Waals surface area contributed by atoms with E-state index in [1.807, 2.05) is 103 Å². The average Bonchev–Trinajstić information content (AvgIpc) is 3.64. The van der Waals surface area contributed by atoms with Crippen LogP contribution in [0.25, 0.3) is 11.1 Å². The minimum atomic E-state index is -1.02. The van der Waals surface area contributed by atoms with Gasteiger partial charge in [-0.2, -0.15) is 0 Å². The minimum absolute atomic E-state index is 0.0546. The lowest BCUT2D eigenvalue weighted by Crippen LogP contribution is -2.53. The van der Waals surface area contributed by atoms with Gasteiger partial charge in [0.05, 0.1) is 18.6 Å². The second-order valence-electron chi connectivity index (χ2n) is 12.6. The number of nitrogens with one attached hydrogen (secondary N) is 3. The summed E-state index contributed by atoms with van der Waals surface area (Å²) < 4.78 is 5.47. The molecule has 4 aromatic carbocycles. The quantitative estimate of drug-likeness (QED) is 0.132. The van der Waals surface area contributed by atoms with Crippen molar-refractivity contribution in [3.63, 3.8) is 0 Å². The average molecular weight is 656 g/mol. The van der Waals surface area contributed by atoms with E-state index in [-0.39, 0.29) is 37.4 Å². The summed E-state index contributed by atoms with van der Waals surface area (Å²) in [6.45, 7) is 0.536. The third kappa shape index (κ3) is 8.81. The molecule has 1 saturated carbocycles. The number of aromatic amines is 1. The molecule has 250 valence electrons. The van der Waals surface area contributed by atoms with Gasteiger partial charge >= 0.3 is 6.09 Å². The van der Waals surface area contributed by atoms with Gasteiger partial charge in [0.25, 0.3) is 0 Å². The Labute approximate surface area is 286 Å². The molecule has 0 bridgehead atoms. The zero-order valence-electron chi connectivity index (χ0n) is 27.4. The molecule has 0 spiro atoms. The van der Waals surface area contributed by atoms with Crippen molar-refractivity contribution < 1.29 is 19.1 Å². The number of H-pyrrole nitrogens is 1. The summed E-state index contributed by atoms with van der Waals surface area (Å²) in [4.78, 5) is 49.6. The molecular weight excluding hydrogens is 614 g/mol. The van der Waals surface area contributed by atoms with Gasteiger partial charge in [-0.05, 0) is 40.7 Å². The Balaban J connectivity index is 1.20.